The minimum absolute atomic E-state index is 0.0622. The number of alkyl halides is 3. The highest BCUT2D eigenvalue weighted by molar-refractivity contribution is 5.88. The lowest BCUT2D eigenvalue weighted by Crippen LogP contribution is -2.36. The number of aromatic hydroxyl groups is 1. The Morgan fingerprint density at radius 2 is 2.00 bits per heavy atom. The first-order valence-corrected chi connectivity index (χ1v) is 8.43. The highest BCUT2D eigenvalue weighted by Gasteiger charge is 2.31. The highest BCUT2D eigenvalue weighted by Crippen LogP contribution is 2.25. The molecule has 0 aliphatic carbocycles. The van der Waals surface area contributed by atoms with Crippen molar-refractivity contribution in [3.63, 3.8) is 0 Å². The number of hydrogen-bond donors (Lipinski definition) is 3. The van der Waals surface area contributed by atoms with Crippen molar-refractivity contribution in [1.82, 2.24) is 5.43 Å². The molecule has 0 fully saturated rings. The van der Waals surface area contributed by atoms with Crippen molar-refractivity contribution < 1.29 is 27.8 Å². The Bertz CT molecular complexity index is 854. The van der Waals surface area contributed by atoms with E-state index in [4.69, 9.17) is 0 Å². The number of benzene rings is 2. The lowest BCUT2D eigenvalue weighted by Gasteiger charge is -2.17. The van der Waals surface area contributed by atoms with Gasteiger partial charge < -0.3 is 15.2 Å². The summed E-state index contributed by atoms with van der Waals surface area (Å²) in [4.78, 5) is 12.3. The van der Waals surface area contributed by atoms with Crippen LogP contribution in [0.3, 0.4) is 0 Å². The summed E-state index contributed by atoms with van der Waals surface area (Å²) >= 11 is 0. The molecular formula is C19H20F3N3O3. The first-order chi connectivity index (χ1) is 13.2. The fourth-order valence-electron chi connectivity index (χ4n) is 2.37. The van der Waals surface area contributed by atoms with E-state index in [1.165, 1.54) is 18.3 Å². The van der Waals surface area contributed by atoms with Gasteiger partial charge >= 0.3 is 6.36 Å². The molecule has 1 unspecified atom stereocenters. The number of hydrazone groups is 1. The predicted molar refractivity (Wildman–Crippen MR) is 99.4 cm³/mol. The Hall–Kier alpha value is -3.23. The van der Waals surface area contributed by atoms with Crippen LogP contribution in [0.5, 0.6) is 11.5 Å². The largest absolute Gasteiger partial charge is 0.573 e. The zero-order valence-electron chi connectivity index (χ0n) is 15.2. The number of anilines is 1. The van der Waals surface area contributed by atoms with Crippen LogP contribution in [0, 0.1) is 6.92 Å². The van der Waals surface area contributed by atoms with E-state index in [0.29, 0.717) is 23.2 Å². The lowest BCUT2D eigenvalue weighted by molar-refractivity contribution is -0.274. The van der Waals surface area contributed by atoms with Crippen molar-refractivity contribution in [2.45, 2.75) is 32.7 Å². The number of phenolic OH excluding ortho intramolecular Hbond substituents is 1. The Balaban J connectivity index is 2.01. The molecule has 0 saturated heterocycles. The number of nitrogens with zero attached hydrogens (tertiary/aromatic N) is 1. The summed E-state index contributed by atoms with van der Waals surface area (Å²) in [5.41, 5.74) is 3.76. The van der Waals surface area contributed by atoms with Crippen LogP contribution in [-0.2, 0) is 4.79 Å². The first-order valence-electron chi connectivity index (χ1n) is 8.43. The van der Waals surface area contributed by atoms with Crippen molar-refractivity contribution in [2.24, 2.45) is 5.10 Å². The number of phenols is 1. The van der Waals surface area contributed by atoms with E-state index in [0.717, 1.165) is 12.1 Å². The Morgan fingerprint density at radius 1 is 1.29 bits per heavy atom. The zero-order valence-corrected chi connectivity index (χ0v) is 15.2. The molecule has 1 atom stereocenters. The van der Waals surface area contributed by atoms with Crippen molar-refractivity contribution in [3.05, 3.63) is 53.6 Å². The average molecular weight is 395 g/mol. The highest BCUT2D eigenvalue weighted by atomic mass is 19.4. The summed E-state index contributed by atoms with van der Waals surface area (Å²) in [5, 5.41) is 16.6. The molecule has 0 spiro atoms. The van der Waals surface area contributed by atoms with E-state index in [9.17, 15) is 23.1 Å². The summed E-state index contributed by atoms with van der Waals surface area (Å²) in [6.45, 7) is 3.47. The number of rotatable bonds is 7. The van der Waals surface area contributed by atoms with Gasteiger partial charge in [0.2, 0.25) is 0 Å². The third-order valence-corrected chi connectivity index (χ3v) is 3.78. The molecule has 0 heterocycles. The van der Waals surface area contributed by atoms with E-state index < -0.39 is 18.3 Å². The molecule has 2 aromatic carbocycles. The van der Waals surface area contributed by atoms with Crippen LogP contribution in [0.1, 0.15) is 24.5 Å². The number of halogens is 3. The number of amides is 1. The fourth-order valence-corrected chi connectivity index (χ4v) is 2.37. The van der Waals surface area contributed by atoms with Gasteiger partial charge in [0, 0.05) is 17.3 Å². The lowest BCUT2D eigenvalue weighted by atomic mass is 10.1. The predicted octanol–water partition coefficient (Wildman–Crippen LogP) is 3.94. The van der Waals surface area contributed by atoms with E-state index in [1.807, 2.05) is 0 Å². The number of hydrogen-bond acceptors (Lipinski definition) is 5. The molecule has 0 bridgehead atoms. The molecule has 28 heavy (non-hydrogen) atoms. The molecule has 0 saturated carbocycles. The maximum absolute atomic E-state index is 12.3. The number of carbonyl (C=O) groups excluding carboxylic acids is 1. The minimum Gasteiger partial charge on any atom is -0.507 e. The number of ether oxygens (including phenoxy) is 1. The second kappa shape index (κ2) is 9.12. The Kier molecular flexibility index (Phi) is 6.86. The van der Waals surface area contributed by atoms with Gasteiger partial charge in [0.05, 0.1) is 6.21 Å². The zero-order chi connectivity index (χ0) is 20.7. The molecule has 9 heteroatoms. The van der Waals surface area contributed by atoms with Crippen LogP contribution in [-0.4, -0.2) is 29.6 Å². The quantitative estimate of drug-likeness (QED) is 0.490. The molecule has 2 aromatic rings. The molecule has 0 radical (unpaired) electrons. The van der Waals surface area contributed by atoms with Crippen LogP contribution >= 0.6 is 0 Å². The van der Waals surface area contributed by atoms with E-state index >= 15 is 0 Å². The van der Waals surface area contributed by atoms with E-state index in [2.05, 4.69) is 20.6 Å². The molecule has 0 aliphatic rings. The van der Waals surface area contributed by atoms with Gasteiger partial charge in [-0.3, -0.25) is 4.79 Å². The van der Waals surface area contributed by atoms with Crippen LogP contribution in [0.2, 0.25) is 0 Å². The van der Waals surface area contributed by atoms with Gasteiger partial charge in [-0.25, -0.2) is 5.43 Å². The molecule has 0 aliphatic heterocycles. The molecular weight excluding hydrogens is 375 g/mol. The van der Waals surface area contributed by atoms with Gasteiger partial charge in [0.15, 0.2) is 0 Å². The van der Waals surface area contributed by atoms with Gasteiger partial charge in [-0.15, -0.1) is 13.2 Å². The molecule has 150 valence electrons. The van der Waals surface area contributed by atoms with Crippen molar-refractivity contribution in [3.8, 4) is 11.5 Å². The van der Waals surface area contributed by atoms with Gasteiger partial charge in [0.1, 0.15) is 17.5 Å². The minimum atomic E-state index is -4.80. The molecule has 0 aromatic heterocycles. The van der Waals surface area contributed by atoms with E-state index in [1.54, 1.807) is 32.0 Å². The van der Waals surface area contributed by atoms with Crippen molar-refractivity contribution in [2.75, 3.05) is 5.32 Å². The first kappa shape index (κ1) is 21.1. The smallest absolute Gasteiger partial charge is 0.507 e. The maximum Gasteiger partial charge on any atom is 0.573 e. The molecule has 6 nitrogen and oxygen atoms in total. The van der Waals surface area contributed by atoms with Crippen LogP contribution in [0.15, 0.2) is 47.6 Å². The van der Waals surface area contributed by atoms with Gasteiger partial charge in [0.25, 0.3) is 5.91 Å². The van der Waals surface area contributed by atoms with Crippen LogP contribution in [0.25, 0.3) is 0 Å². The summed E-state index contributed by atoms with van der Waals surface area (Å²) < 4.78 is 40.8. The third kappa shape index (κ3) is 6.19. The summed E-state index contributed by atoms with van der Waals surface area (Å²) in [5.74, 6) is -0.805. The van der Waals surface area contributed by atoms with Gasteiger partial charge in [-0.2, -0.15) is 5.10 Å². The molecule has 1 amide bonds. The second-order valence-electron chi connectivity index (χ2n) is 5.93. The standard InChI is InChI=1S/C19H20F3N3O3/c1-3-16(24-14-8-5-9-15(10-14)28-19(20,21)22)18(27)25-23-11-13-7-4-6-12(2)17(13)26/h4-11,16,24,26H,3H2,1-2H3,(H,25,27). The monoisotopic (exact) mass is 395 g/mol. The number of para-hydroxylation sites is 1. The number of nitrogens with one attached hydrogen (secondary N) is 2. The van der Waals surface area contributed by atoms with Crippen LogP contribution < -0.4 is 15.5 Å². The van der Waals surface area contributed by atoms with Crippen molar-refractivity contribution in [1.29, 1.82) is 0 Å². The normalized spacial score (nSPS) is 12.6. The number of aryl methyl sites for hydroxylation is 1. The summed E-state index contributed by atoms with van der Waals surface area (Å²) in [6, 6.07) is 9.60. The third-order valence-electron chi connectivity index (χ3n) is 3.78. The summed E-state index contributed by atoms with van der Waals surface area (Å²) in [7, 11) is 0. The van der Waals surface area contributed by atoms with Crippen molar-refractivity contribution >= 4 is 17.8 Å². The van der Waals surface area contributed by atoms with Crippen LogP contribution in [0.4, 0.5) is 18.9 Å². The fraction of sp³-hybridized carbons (Fsp3) is 0.263. The Morgan fingerprint density at radius 3 is 2.68 bits per heavy atom. The topological polar surface area (TPSA) is 83.0 Å². The molecule has 3 N–H and O–H groups in total. The Labute approximate surface area is 160 Å². The number of carbonyl (C=O) groups is 1. The van der Waals surface area contributed by atoms with Gasteiger partial charge in [-0.1, -0.05) is 25.1 Å². The second-order valence-corrected chi connectivity index (χ2v) is 5.93. The SMILES string of the molecule is CCC(Nc1cccc(OC(F)(F)F)c1)C(=O)NN=Cc1cccc(C)c1O. The maximum atomic E-state index is 12.3. The summed E-state index contributed by atoms with van der Waals surface area (Å²) in [6.07, 6.45) is -3.12. The van der Waals surface area contributed by atoms with E-state index in [-0.39, 0.29) is 11.5 Å². The molecule has 2 rings (SSSR count). The average Bonchev–Trinajstić information content (AvgIpc) is 2.62. The van der Waals surface area contributed by atoms with Gasteiger partial charge in [-0.05, 0) is 37.1 Å².